The molecule has 0 fully saturated rings. The molecular formula is C15H16N4S. The Hall–Kier alpha value is -1.85. The molecule has 3 aromatic heterocycles. The van der Waals surface area contributed by atoms with Gasteiger partial charge in [-0.05, 0) is 17.7 Å². The molecule has 0 aliphatic rings. The summed E-state index contributed by atoms with van der Waals surface area (Å²) in [6, 6.07) is 5.90. The molecule has 3 aromatic rings. The molecule has 0 saturated heterocycles. The fourth-order valence-electron chi connectivity index (χ4n) is 2.25. The minimum atomic E-state index is -0.127. The third-order valence-corrected chi connectivity index (χ3v) is 3.76. The van der Waals surface area contributed by atoms with Gasteiger partial charge in [0.15, 0.2) is 0 Å². The monoisotopic (exact) mass is 284 g/mol. The number of H-pyrrole nitrogens is 1. The fourth-order valence-corrected chi connectivity index (χ4v) is 2.41. The van der Waals surface area contributed by atoms with Crippen LogP contribution in [0.15, 0.2) is 43.0 Å². The average Bonchev–Trinajstić information content (AvgIpc) is 2.90. The van der Waals surface area contributed by atoms with Gasteiger partial charge < -0.3 is 10.7 Å². The van der Waals surface area contributed by atoms with Gasteiger partial charge in [0, 0.05) is 52.6 Å². The topological polar surface area (TPSA) is 67.6 Å². The lowest BCUT2D eigenvalue weighted by molar-refractivity contribution is 0.725. The molecule has 0 aliphatic heterocycles. The van der Waals surface area contributed by atoms with E-state index < -0.39 is 0 Å². The Morgan fingerprint density at radius 1 is 1.30 bits per heavy atom. The first kappa shape index (κ1) is 13.1. The lowest BCUT2D eigenvalue weighted by atomic mass is 10.0. The molecule has 5 heteroatoms. The Labute approximate surface area is 122 Å². The van der Waals surface area contributed by atoms with Crippen molar-refractivity contribution in [3.63, 3.8) is 0 Å². The Kier molecular flexibility index (Phi) is 3.46. The number of fused-ring (bicyclic) bond motifs is 1. The third kappa shape index (κ3) is 2.30. The van der Waals surface area contributed by atoms with Crippen LogP contribution in [0.2, 0.25) is 0 Å². The van der Waals surface area contributed by atoms with Gasteiger partial charge in [0.05, 0.1) is 0 Å². The third-order valence-electron chi connectivity index (χ3n) is 3.44. The van der Waals surface area contributed by atoms with Gasteiger partial charge >= 0.3 is 0 Å². The molecule has 2 unspecified atom stereocenters. The van der Waals surface area contributed by atoms with Crippen molar-refractivity contribution in [1.82, 2.24) is 15.0 Å². The van der Waals surface area contributed by atoms with E-state index in [1.165, 1.54) is 0 Å². The molecule has 20 heavy (non-hydrogen) atoms. The second kappa shape index (κ2) is 5.26. The second-order valence-electron chi connectivity index (χ2n) is 4.87. The van der Waals surface area contributed by atoms with Gasteiger partial charge in [0.1, 0.15) is 5.65 Å². The summed E-state index contributed by atoms with van der Waals surface area (Å²) in [5, 5.41) is 1.12. The molecule has 3 N–H and O–H groups in total. The highest BCUT2D eigenvalue weighted by molar-refractivity contribution is 7.81. The SMILES string of the molecule is CC(S)C(N)c1c[nH]c2ncc(-c3cccnc3)cc12. The second-order valence-corrected chi connectivity index (χ2v) is 5.69. The highest BCUT2D eigenvalue weighted by Crippen LogP contribution is 2.28. The lowest BCUT2D eigenvalue weighted by Crippen LogP contribution is -2.18. The number of nitrogens with zero attached hydrogens (tertiary/aromatic N) is 2. The molecule has 0 aromatic carbocycles. The predicted octanol–water partition coefficient (Wildman–Crippen LogP) is 2.94. The molecule has 0 saturated carbocycles. The van der Waals surface area contributed by atoms with Crippen LogP contribution in [0, 0.1) is 0 Å². The highest BCUT2D eigenvalue weighted by atomic mass is 32.1. The van der Waals surface area contributed by atoms with Crippen molar-refractivity contribution in [3.05, 3.63) is 48.5 Å². The smallest absolute Gasteiger partial charge is 0.137 e. The van der Waals surface area contributed by atoms with Crippen LogP contribution in [0.1, 0.15) is 18.5 Å². The number of aromatic nitrogens is 3. The van der Waals surface area contributed by atoms with E-state index in [1.54, 1.807) is 6.20 Å². The summed E-state index contributed by atoms with van der Waals surface area (Å²) < 4.78 is 0. The molecule has 0 spiro atoms. The molecule has 0 amide bonds. The van der Waals surface area contributed by atoms with E-state index >= 15 is 0 Å². The number of aromatic amines is 1. The molecule has 0 bridgehead atoms. The number of hydrogen-bond acceptors (Lipinski definition) is 4. The van der Waals surface area contributed by atoms with Crippen LogP contribution in [0.25, 0.3) is 22.2 Å². The number of nitrogens with one attached hydrogen (secondary N) is 1. The van der Waals surface area contributed by atoms with Crippen LogP contribution >= 0.6 is 12.6 Å². The summed E-state index contributed by atoms with van der Waals surface area (Å²) in [6.45, 7) is 1.99. The molecule has 0 aliphatic carbocycles. The van der Waals surface area contributed by atoms with Gasteiger partial charge in [-0.2, -0.15) is 12.6 Å². The number of pyridine rings is 2. The Bertz CT molecular complexity index is 721. The van der Waals surface area contributed by atoms with Crippen molar-refractivity contribution in [2.75, 3.05) is 0 Å². The van der Waals surface area contributed by atoms with Crippen LogP contribution in [0.5, 0.6) is 0 Å². The summed E-state index contributed by atoms with van der Waals surface area (Å²) >= 11 is 4.43. The quantitative estimate of drug-likeness (QED) is 0.648. The summed E-state index contributed by atoms with van der Waals surface area (Å²) in [5.74, 6) is 0. The zero-order chi connectivity index (χ0) is 14.1. The standard InChI is InChI=1S/C15H16N4S/c1-9(20)14(16)13-8-19-15-12(13)5-11(7-18-15)10-3-2-4-17-6-10/h2-9,14,20H,16H2,1H3,(H,18,19). The first-order chi connectivity index (χ1) is 9.66. The number of nitrogens with two attached hydrogens (primary N) is 1. The average molecular weight is 284 g/mol. The van der Waals surface area contributed by atoms with Crippen molar-refractivity contribution < 1.29 is 0 Å². The van der Waals surface area contributed by atoms with Crippen molar-refractivity contribution in [2.45, 2.75) is 18.2 Å². The van der Waals surface area contributed by atoms with E-state index in [-0.39, 0.29) is 11.3 Å². The highest BCUT2D eigenvalue weighted by Gasteiger charge is 2.16. The molecule has 3 rings (SSSR count). The normalized spacial score (nSPS) is 14.3. The maximum atomic E-state index is 6.20. The maximum absolute atomic E-state index is 6.20. The van der Waals surface area contributed by atoms with Gasteiger partial charge in [0.25, 0.3) is 0 Å². The van der Waals surface area contributed by atoms with Gasteiger partial charge in [-0.1, -0.05) is 13.0 Å². The van der Waals surface area contributed by atoms with Crippen LogP contribution in [-0.2, 0) is 0 Å². The summed E-state index contributed by atoms with van der Waals surface area (Å²) in [5.41, 5.74) is 10.2. The van der Waals surface area contributed by atoms with Crippen LogP contribution in [0.4, 0.5) is 0 Å². The van der Waals surface area contributed by atoms with Crippen molar-refractivity contribution in [2.24, 2.45) is 5.73 Å². The van der Waals surface area contributed by atoms with Crippen LogP contribution < -0.4 is 5.73 Å². The van der Waals surface area contributed by atoms with E-state index in [1.807, 2.05) is 37.6 Å². The maximum Gasteiger partial charge on any atom is 0.137 e. The van der Waals surface area contributed by atoms with Gasteiger partial charge in [-0.15, -0.1) is 0 Å². The lowest BCUT2D eigenvalue weighted by Gasteiger charge is -2.14. The number of thiol groups is 1. The summed E-state index contributed by atoms with van der Waals surface area (Å²) in [7, 11) is 0. The van der Waals surface area contributed by atoms with Crippen LogP contribution in [0.3, 0.4) is 0 Å². The number of rotatable bonds is 3. The minimum absolute atomic E-state index is 0.0797. The number of hydrogen-bond donors (Lipinski definition) is 3. The zero-order valence-electron chi connectivity index (χ0n) is 11.1. The fraction of sp³-hybridized carbons (Fsp3) is 0.200. The first-order valence-corrected chi connectivity index (χ1v) is 6.99. The van der Waals surface area contributed by atoms with Gasteiger partial charge in [0.2, 0.25) is 0 Å². The molecule has 2 atom stereocenters. The molecule has 3 heterocycles. The molecule has 0 radical (unpaired) electrons. The summed E-state index contributed by atoms with van der Waals surface area (Å²) in [6.07, 6.45) is 7.35. The largest absolute Gasteiger partial charge is 0.346 e. The zero-order valence-corrected chi connectivity index (χ0v) is 12.0. The Balaban J connectivity index is 2.12. The van der Waals surface area contributed by atoms with E-state index in [0.717, 1.165) is 27.7 Å². The van der Waals surface area contributed by atoms with Gasteiger partial charge in [-0.25, -0.2) is 4.98 Å². The van der Waals surface area contributed by atoms with Crippen molar-refractivity contribution in [3.8, 4) is 11.1 Å². The summed E-state index contributed by atoms with van der Waals surface area (Å²) in [4.78, 5) is 11.8. The van der Waals surface area contributed by atoms with Crippen molar-refractivity contribution in [1.29, 1.82) is 0 Å². The van der Waals surface area contributed by atoms with Crippen molar-refractivity contribution >= 4 is 23.7 Å². The van der Waals surface area contributed by atoms with E-state index in [0.29, 0.717) is 0 Å². The van der Waals surface area contributed by atoms with E-state index in [9.17, 15) is 0 Å². The molecule has 102 valence electrons. The Morgan fingerprint density at radius 2 is 2.15 bits per heavy atom. The predicted molar refractivity (Wildman–Crippen MR) is 84.7 cm³/mol. The molecule has 4 nitrogen and oxygen atoms in total. The first-order valence-electron chi connectivity index (χ1n) is 6.48. The Morgan fingerprint density at radius 3 is 2.85 bits per heavy atom. The minimum Gasteiger partial charge on any atom is -0.346 e. The van der Waals surface area contributed by atoms with E-state index in [2.05, 4.69) is 33.6 Å². The molecular weight excluding hydrogens is 268 g/mol. The van der Waals surface area contributed by atoms with Crippen LogP contribution in [-0.4, -0.2) is 20.2 Å². The van der Waals surface area contributed by atoms with E-state index in [4.69, 9.17) is 5.73 Å². The van der Waals surface area contributed by atoms with Gasteiger partial charge in [-0.3, -0.25) is 4.98 Å².